The van der Waals surface area contributed by atoms with E-state index in [9.17, 15) is 8.78 Å². The summed E-state index contributed by atoms with van der Waals surface area (Å²) >= 11 is 0. The number of aliphatic imine (C=N–C) groups is 1. The topological polar surface area (TPSA) is 57.5 Å². The molecule has 2 heterocycles. The summed E-state index contributed by atoms with van der Waals surface area (Å²) in [4.78, 5) is 6.26. The Balaban J connectivity index is 1.34. The first-order valence-corrected chi connectivity index (χ1v) is 10.3. The second kappa shape index (κ2) is 9.59. The highest BCUT2D eigenvalue weighted by atomic mass is 19.1. The van der Waals surface area contributed by atoms with Crippen molar-refractivity contribution in [2.75, 3.05) is 25.0 Å². The van der Waals surface area contributed by atoms with Gasteiger partial charge in [0.2, 0.25) is 0 Å². The minimum absolute atomic E-state index is 0.120. The lowest BCUT2D eigenvalue weighted by Crippen LogP contribution is -2.44. The molecule has 1 aliphatic heterocycles. The summed E-state index contributed by atoms with van der Waals surface area (Å²) in [5.74, 6) is -0.398. The van der Waals surface area contributed by atoms with Crippen LogP contribution in [0.1, 0.15) is 17.5 Å². The molecule has 3 aromatic rings. The highest BCUT2D eigenvalue weighted by Crippen LogP contribution is 2.24. The molecule has 1 fully saturated rings. The Bertz CT molecular complexity index is 1030. The number of aromatic nitrogens is 2. The van der Waals surface area contributed by atoms with E-state index in [-0.39, 0.29) is 6.04 Å². The van der Waals surface area contributed by atoms with Crippen LogP contribution in [0.3, 0.4) is 0 Å². The zero-order chi connectivity index (χ0) is 21.6. The molecule has 1 saturated heterocycles. The molecular formula is C23H26F2N6. The van der Waals surface area contributed by atoms with E-state index in [0.717, 1.165) is 12.5 Å². The predicted octanol–water partition coefficient (Wildman–Crippen LogP) is 3.15. The van der Waals surface area contributed by atoms with E-state index in [2.05, 4.69) is 32.9 Å². The smallest absolute Gasteiger partial charge is 0.191 e. The van der Waals surface area contributed by atoms with Crippen molar-refractivity contribution < 1.29 is 8.78 Å². The van der Waals surface area contributed by atoms with E-state index in [1.165, 1.54) is 23.3 Å². The van der Waals surface area contributed by atoms with Crippen molar-refractivity contribution in [3.63, 3.8) is 0 Å². The lowest BCUT2D eigenvalue weighted by atomic mass is 10.1. The van der Waals surface area contributed by atoms with Gasteiger partial charge in [0.25, 0.3) is 0 Å². The van der Waals surface area contributed by atoms with Crippen molar-refractivity contribution in [2.45, 2.75) is 25.6 Å². The fourth-order valence-corrected chi connectivity index (χ4v) is 3.85. The van der Waals surface area contributed by atoms with Gasteiger partial charge in [-0.05, 0) is 35.7 Å². The van der Waals surface area contributed by atoms with E-state index in [4.69, 9.17) is 0 Å². The second-order valence-electron chi connectivity index (χ2n) is 7.57. The fourth-order valence-electron chi connectivity index (χ4n) is 3.85. The molecule has 0 saturated carbocycles. The van der Waals surface area contributed by atoms with Gasteiger partial charge in [0, 0.05) is 51.2 Å². The second-order valence-corrected chi connectivity index (χ2v) is 7.57. The normalized spacial score (nSPS) is 16.5. The Labute approximate surface area is 180 Å². The molecule has 0 amide bonds. The molecule has 0 spiro atoms. The molecule has 4 rings (SSSR count). The number of hydrogen-bond donors (Lipinski definition) is 2. The zero-order valence-corrected chi connectivity index (χ0v) is 17.4. The average Bonchev–Trinajstić information content (AvgIpc) is 3.44. The summed E-state index contributed by atoms with van der Waals surface area (Å²) in [6.45, 7) is 2.65. The number of hydrogen-bond acceptors (Lipinski definition) is 3. The SMILES string of the molecule is CN=C(NCc1ccccc1Cn1cccn1)NC1CCN(c2ccc(F)cc2F)C1. The fraction of sp³-hybridized carbons (Fsp3) is 0.304. The van der Waals surface area contributed by atoms with Crippen LogP contribution in [0.15, 0.2) is 65.9 Å². The molecule has 1 unspecified atom stereocenters. The molecule has 1 atom stereocenters. The van der Waals surface area contributed by atoms with Crippen LogP contribution in [-0.2, 0) is 13.1 Å². The zero-order valence-electron chi connectivity index (χ0n) is 17.4. The van der Waals surface area contributed by atoms with Gasteiger partial charge in [-0.3, -0.25) is 9.67 Å². The third-order valence-electron chi connectivity index (χ3n) is 5.46. The van der Waals surface area contributed by atoms with Gasteiger partial charge < -0.3 is 15.5 Å². The molecule has 1 aliphatic rings. The third kappa shape index (κ3) is 5.20. The van der Waals surface area contributed by atoms with E-state index < -0.39 is 11.6 Å². The van der Waals surface area contributed by atoms with Crippen LogP contribution in [0.5, 0.6) is 0 Å². The quantitative estimate of drug-likeness (QED) is 0.472. The molecular weight excluding hydrogens is 398 g/mol. The highest BCUT2D eigenvalue weighted by Gasteiger charge is 2.25. The molecule has 162 valence electrons. The number of anilines is 1. The van der Waals surface area contributed by atoms with Crippen LogP contribution in [0.2, 0.25) is 0 Å². The molecule has 8 heteroatoms. The summed E-state index contributed by atoms with van der Waals surface area (Å²) in [5, 5.41) is 11.1. The minimum Gasteiger partial charge on any atom is -0.367 e. The number of halogens is 2. The number of nitrogens with one attached hydrogen (secondary N) is 2. The largest absolute Gasteiger partial charge is 0.367 e. The van der Waals surface area contributed by atoms with Gasteiger partial charge in [0.15, 0.2) is 5.96 Å². The molecule has 0 aliphatic carbocycles. The molecule has 0 bridgehead atoms. The predicted molar refractivity (Wildman–Crippen MR) is 118 cm³/mol. The van der Waals surface area contributed by atoms with Crippen LogP contribution in [0.25, 0.3) is 0 Å². The van der Waals surface area contributed by atoms with E-state index in [1.54, 1.807) is 13.2 Å². The first-order valence-electron chi connectivity index (χ1n) is 10.3. The molecule has 1 aromatic heterocycles. The number of guanidine groups is 1. The van der Waals surface area contributed by atoms with Gasteiger partial charge in [-0.15, -0.1) is 0 Å². The van der Waals surface area contributed by atoms with Crippen molar-refractivity contribution >= 4 is 11.6 Å². The van der Waals surface area contributed by atoms with Gasteiger partial charge in [0.05, 0.1) is 12.2 Å². The summed E-state index contributed by atoms with van der Waals surface area (Å²) in [5.41, 5.74) is 2.79. The molecule has 6 nitrogen and oxygen atoms in total. The van der Waals surface area contributed by atoms with Crippen molar-refractivity contribution in [1.29, 1.82) is 0 Å². The number of rotatable bonds is 6. The standard InChI is InChI=1S/C23H26F2N6/c1-26-23(27-14-17-5-2-3-6-18(17)15-31-11-4-10-28-31)29-20-9-12-30(16-20)22-8-7-19(24)13-21(22)25/h2-8,10-11,13,20H,9,12,14-16H2,1H3,(H2,26,27,29). The maximum Gasteiger partial charge on any atom is 0.191 e. The summed E-state index contributed by atoms with van der Waals surface area (Å²) < 4.78 is 29.2. The number of benzene rings is 2. The van der Waals surface area contributed by atoms with Crippen LogP contribution in [0.4, 0.5) is 14.5 Å². The number of nitrogens with zero attached hydrogens (tertiary/aromatic N) is 4. The van der Waals surface area contributed by atoms with E-state index in [0.29, 0.717) is 37.8 Å². The Morgan fingerprint density at radius 2 is 2.00 bits per heavy atom. The van der Waals surface area contributed by atoms with Crippen LogP contribution < -0.4 is 15.5 Å². The van der Waals surface area contributed by atoms with Gasteiger partial charge in [-0.2, -0.15) is 5.10 Å². The van der Waals surface area contributed by atoms with Crippen molar-refractivity contribution in [3.05, 3.63) is 83.7 Å². The van der Waals surface area contributed by atoms with Gasteiger partial charge >= 0.3 is 0 Å². The van der Waals surface area contributed by atoms with Crippen molar-refractivity contribution in [3.8, 4) is 0 Å². The van der Waals surface area contributed by atoms with Crippen LogP contribution in [-0.4, -0.2) is 41.9 Å². The van der Waals surface area contributed by atoms with E-state index in [1.807, 2.05) is 34.0 Å². The lowest BCUT2D eigenvalue weighted by molar-refractivity contribution is 0.580. The summed E-state index contributed by atoms with van der Waals surface area (Å²) in [6.07, 6.45) is 4.56. The summed E-state index contributed by atoms with van der Waals surface area (Å²) in [6, 6.07) is 14.0. The third-order valence-corrected chi connectivity index (χ3v) is 5.46. The maximum atomic E-state index is 14.1. The molecule has 2 aromatic carbocycles. The summed E-state index contributed by atoms with van der Waals surface area (Å²) in [7, 11) is 1.73. The maximum absolute atomic E-state index is 14.1. The Morgan fingerprint density at radius 3 is 2.74 bits per heavy atom. The lowest BCUT2D eigenvalue weighted by Gasteiger charge is -2.21. The van der Waals surface area contributed by atoms with Gasteiger partial charge in [-0.1, -0.05) is 24.3 Å². The highest BCUT2D eigenvalue weighted by molar-refractivity contribution is 5.80. The van der Waals surface area contributed by atoms with Crippen molar-refractivity contribution in [1.82, 2.24) is 20.4 Å². The van der Waals surface area contributed by atoms with Gasteiger partial charge in [-0.25, -0.2) is 8.78 Å². The van der Waals surface area contributed by atoms with Gasteiger partial charge in [0.1, 0.15) is 11.6 Å². The van der Waals surface area contributed by atoms with Crippen LogP contribution >= 0.6 is 0 Å². The Kier molecular flexibility index (Phi) is 6.45. The molecule has 0 radical (unpaired) electrons. The Hall–Kier alpha value is -3.42. The first-order chi connectivity index (χ1) is 15.1. The molecule has 2 N–H and O–H groups in total. The van der Waals surface area contributed by atoms with E-state index >= 15 is 0 Å². The Morgan fingerprint density at radius 1 is 1.16 bits per heavy atom. The molecule has 31 heavy (non-hydrogen) atoms. The first kappa shape index (κ1) is 20.8. The van der Waals surface area contributed by atoms with Crippen molar-refractivity contribution in [2.24, 2.45) is 4.99 Å². The van der Waals surface area contributed by atoms with Crippen LogP contribution in [0, 0.1) is 11.6 Å². The monoisotopic (exact) mass is 424 g/mol. The minimum atomic E-state index is -0.562. The average molecular weight is 424 g/mol.